The second kappa shape index (κ2) is 6.35. The van der Waals surface area contributed by atoms with E-state index in [1.165, 1.54) is 12.1 Å². The van der Waals surface area contributed by atoms with E-state index in [1.54, 1.807) is 6.07 Å². The molecule has 0 spiro atoms. The van der Waals surface area contributed by atoms with E-state index < -0.39 is 14.0 Å². The molecule has 0 N–H and O–H groups in total. The third-order valence-electron chi connectivity index (χ3n) is 1.87. The van der Waals surface area contributed by atoms with Crippen molar-refractivity contribution in [1.29, 1.82) is 0 Å². The summed E-state index contributed by atoms with van der Waals surface area (Å²) in [5, 5.41) is 10.6. The Balaban J connectivity index is 2.60. The van der Waals surface area contributed by atoms with Crippen molar-refractivity contribution >= 4 is 41.4 Å². The summed E-state index contributed by atoms with van der Waals surface area (Å²) in [5.74, 6) is 0.0908. The summed E-state index contributed by atoms with van der Waals surface area (Å²) >= 11 is 3.12. The van der Waals surface area contributed by atoms with E-state index >= 15 is 0 Å². The third kappa shape index (κ3) is 5.65. The second-order valence-electron chi connectivity index (χ2n) is 3.35. The first kappa shape index (κ1) is 15.2. The third-order valence-corrected chi connectivity index (χ3v) is 3.57. The number of rotatable bonds is 6. The molecule has 0 saturated heterocycles. The van der Waals surface area contributed by atoms with Crippen LogP contribution in [0.5, 0.6) is 5.75 Å². The van der Waals surface area contributed by atoms with Gasteiger partial charge < -0.3 is 4.74 Å². The number of hydrogen-bond acceptors (Lipinski definition) is 5. The maximum Gasteiger partial charge on any atom is 0.274 e. The van der Waals surface area contributed by atoms with Crippen molar-refractivity contribution in [1.82, 2.24) is 0 Å². The molecule has 0 bridgehead atoms. The number of halogens is 2. The number of nitro groups is 1. The van der Waals surface area contributed by atoms with Gasteiger partial charge in [-0.25, -0.2) is 8.42 Å². The molecule has 0 fully saturated rings. The van der Waals surface area contributed by atoms with Gasteiger partial charge in [0.2, 0.25) is 9.05 Å². The lowest BCUT2D eigenvalue weighted by Gasteiger charge is -2.05. The first-order valence-electron chi connectivity index (χ1n) is 4.78. The fourth-order valence-electron chi connectivity index (χ4n) is 1.16. The maximum atomic E-state index is 10.7. The zero-order valence-corrected chi connectivity index (χ0v) is 12.2. The van der Waals surface area contributed by atoms with Gasteiger partial charge in [0.05, 0.1) is 23.3 Å². The summed E-state index contributed by atoms with van der Waals surface area (Å²) in [6, 6.07) is 4.16. The standard InChI is InChI=1S/C9H9BrClNO5S/c10-7-4-8(12(13)14)6-9(5-7)17-2-1-3-18(11,15)16/h4-6H,1-3H2. The van der Waals surface area contributed by atoms with Gasteiger partial charge in [-0.05, 0) is 12.5 Å². The van der Waals surface area contributed by atoms with Gasteiger partial charge in [0, 0.05) is 21.2 Å². The van der Waals surface area contributed by atoms with Gasteiger partial charge in [-0.1, -0.05) is 15.9 Å². The van der Waals surface area contributed by atoms with Crippen molar-refractivity contribution < 1.29 is 18.1 Å². The topological polar surface area (TPSA) is 86.5 Å². The highest BCUT2D eigenvalue weighted by molar-refractivity contribution is 9.10. The van der Waals surface area contributed by atoms with E-state index in [4.69, 9.17) is 15.4 Å². The summed E-state index contributed by atoms with van der Waals surface area (Å²) < 4.78 is 27.0. The molecule has 6 nitrogen and oxygen atoms in total. The Labute approximate surface area is 117 Å². The average molecular weight is 359 g/mol. The summed E-state index contributed by atoms with van der Waals surface area (Å²) in [5.41, 5.74) is -0.107. The highest BCUT2D eigenvalue weighted by atomic mass is 79.9. The van der Waals surface area contributed by atoms with Crippen molar-refractivity contribution in [3.8, 4) is 5.75 Å². The van der Waals surface area contributed by atoms with E-state index in [1.807, 2.05) is 0 Å². The predicted octanol–water partition coefficient (Wildman–Crippen LogP) is 2.69. The number of benzene rings is 1. The van der Waals surface area contributed by atoms with Gasteiger partial charge in [-0.2, -0.15) is 0 Å². The summed E-state index contributed by atoms with van der Waals surface area (Å²) in [7, 11) is 1.49. The molecule has 0 amide bonds. The minimum atomic E-state index is -3.53. The summed E-state index contributed by atoms with van der Waals surface area (Å²) in [6.45, 7) is 0.111. The minimum Gasteiger partial charge on any atom is -0.493 e. The lowest BCUT2D eigenvalue weighted by molar-refractivity contribution is -0.385. The fourth-order valence-corrected chi connectivity index (χ4v) is 2.41. The Hall–Kier alpha value is -0.860. The largest absolute Gasteiger partial charge is 0.493 e. The molecular formula is C9H9BrClNO5S. The zero-order valence-electron chi connectivity index (χ0n) is 9.01. The number of nitro benzene ring substituents is 1. The van der Waals surface area contributed by atoms with Crippen molar-refractivity contribution in [3.63, 3.8) is 0 Å². The summed E-state index contributed by atoms with van der Waals surface area (Å²) in [6.07, 6.45) is 0.214. The van der Waals surface area contributed by atoms with Gasteiger partial charge in [0.25, 0.3) is 5.69 Å². The van der Waals surface area contributed by atoms with Crippen LogP contribution in [-0.4, -0.2) is 25.7 Å². The Bertz CT molecular complexity index is 548. The maximum absolute atomic E-state index is 10.7. The van der Waals surface area contributed by atoms with Crippen LogP contribution in [0, 0.1) is 10.1 Å². The molecule has 1 aromatic carbocycles. The molecule has 0 unspecified atom stereocenters. The molecule has 1 rings (SSSR count). The SMILES string of the molecule is O=[N+]([O-])c1cc(Br)cc(OCCCS(=O)(=O)Cl)c1. The Morgan fingerprint density at radius 3 is 2.61 bits per heavy atom. The lowest BCUT2D eigenvalue weighted by Crippen LogP contribution is -2.05. The zero-order chi connectivity index (χ0) is 13.8. The lowest BCUT2D eigenvalue weighted by atomic mass is 10.3. The molecular weight excluding hydrogens is 350 g/mol. The summed E-state index contributed by atoms with van der Waals surface area (Å²) in [4.78, 5) is 10.1. The van der Waals surface area contributed by atoms with Crippen molar-refractivity contribution in [2.75, 3.05) is 12.4 Å². The number of non-ortho nitro benzene ring substituents is 1. The molecule has 0 saturated carbocycles. The van der Waals surface area contributed by atoms with Crippen molar-refractivity contribution in [2.45, 2.75) is 6.42 Å². The van der Waals surface area contributed by atoms with Crippen LogP contribution in [0.2, 0.25) is 0 Å². The molecule has 0 aromatic heterocycles. The van der Waals surface area contributed by atoms with Crippen LogP contribution < -0.4 is 4.74 Å². The van der Waals surface area contributed by atoms with Gasteiger partial charge in [0.15, 0.2) is 0 Å². The first-order valence-corrected chi connectivity index (χ1v) is 8.05. The number of hydrogen-bond donors (Lipinski definition) is 0. The van der Waals surface area contributed by atoms with Crippen LogP contribution in [0.3, 0.4) is 0 Å². The molecule has 0 aliphatic carbocycles. The van der Waals surface area contributed by atoms with E-state index in [2.05, 4.69) is 15.9 Å². The monoisotopic (exact) mass is 357 g/mol. The molecule has 0 heterocycles. The van der Waals surface area contributed by atoms with Crippen LogP contribution >= 0.6 is 26.6 Å². The van der Waals surface area contributed by atoms with Gasteiger partial charge in [0.1, 0.15) is 5.75 Å². The van der Waals surface area contributed by atoms with Crippen LogP contribution in [0.4, 0.5) is 5.69 Å². The van der Waals surface area contributed by atoms with Crippen LogP contribution in [0.25, 0.3) is 0 Å². The van der Waals surface area contributed by atoms with Crippen molar-refractivity contribution in [3.05, 3.63) is 32.8 Å². The normalized spacial score (nSPS) is 11.2. The van der Waals surface area contributed by atoms with E-state index in [0.29, 0.717) is 10.2 Å². The predicted molar refractivity (Wildman–Crippen MR) is 70.5 cm³/mol. The molecule has 1 aromatic rings. The molecule has 0 atom stereocenters. The van der Waals surface area contributed by atoms with Gasteiger partial charge >= 0.3 is 0 Å². The smallest absolute Gasteiger partial charge is 0.274 e. The molecule has 100 valence electrons. The van der Waals surface area contributed by atoms with Crippen LogP contribution in [0.1, 0.15) is 6.42 Å². The van der Waals surface area contributed by atoms with Gasteiger partial charge in [-0.15, -0.1) is 0 Å². The van der Waals surface area contributed by atoms with Crippen LogP contribution in [-0.2, 0) is 9.05 Å². The Morgan fingerprint density at radius 2 is 2.06 bits per heavy atom. The van der Waals surface area contributed by atoms with E-state index in [9.17, 15) is 18.5 Å². The molecule has 0 aliphatic rings. The van der Waals surface area contributed by atoms with Gasteiger partial charge in [-0.3, -0.25) is 10.1 Å². The van der Waals surface area contributed by atoms with E-state index in [0.717, 1.165) is 0 Å². The molecule has 18 heavy (non-hydrogen) atoms. The first-order chi connectivity index (χ1) is 8.28. The quantitative estimate of drug-likeness (QED) is 0.338. The van der Waals surface area contributed by atoms with Crippen LogP contribution in [0.15, 0.2) is 22.7 Å². The minimum absolute atomic E-state index is 0.107. The Morgan fingerprint density at radius 1 is 1.39 bits per heavy atom. The highest BCUT2D eigenvalue weighted by Crippen LogP contribution is 2.26. The second-order valence-corrected chi connectivity index (χ2v) is 7.16. The average Bonchev–Trinajstić information content (AvgIpc) is 2.22. The number of nitrogens with zero attached hydrogens (tertiary/aromatic N) is 1. The Kier molecular flexibility index (Phi) is 5.36. The highest BCUT2D eigenvalue weighted by Gasteiger charge is 2.10. The number of ether oxygens (including phenoxy) is 1. The molecule has 0 radical (unpaired) electrons. The fraction of sp³-hybridized carbons (Fsp3) is 0.333. The molecule has 0 aliphatic heterocycles. The molecule has 9 heteroatoms. The van der Waals surface area contributed by atoms with Crippen molar-refractivity contribution in [2.24, 2.45) is 0 Å². The van der Waals surface area contributed by atoms with E-state index in [-0.39, 0.29) is 24.5 Å².